The van der Waals surface area contributed by atoms with Gasteiger partial charge in [-0.15, -0.1) is 0 Å². The monoisotopic (exact) mass is 264 g/mol. The number of amides is 1. The Hall–Kier alpha value is -1.42. The van der Waals surface area contributed by atoms with Gasteiger partial charge in [-0.1, -0.05) is 12.1 Å². The lowest BCUT2D eigenvalue weighted by molar-refractivity contribution is -0.122. The zero-order valence-corrected chi connectivity index (χ0v) is 11.3. The molecule has 0 aliphatic heterocycles. The van der Waals surface area contributed by atoms with Gasteiger partial charge in [-0.25, -0.2) is 4.39 Å². The zero-order valence-electron chi connectivity index (χ0n) is 11.3. The van der Waals surface area contributed by atoms with E-state index in [1.807, 2.05) is 6.07 Å². The molecule has 0 bridgehead atoms. The van der Waals surface area contributed by atoms with Gasteiger partial charge in [0.1, 0.15) is 5.82 Å². The van der Waals surface area contributed by atoms with Crippen molar-refractivity contribution in [2.75, 3.05) is 13.1 Å². The van der Waals surface area contributed by atoms with Crippen molar-refractivity contribution in [2.24, 2.45) is 5.92 Å². The van der Waals surface area contributed by atoms with E-state index in [1.165, 1.54) is 6.07 Å². The van der Waals surface area contributed by atoms with Crippen LogP contribution >= 0.6 is 0 Å². The molecule has 0 radical (unpaired) electrons. The first-order valence-electron chi connectivity index (χ1n) is 6.90. The lowest BCUT2D eigenvalue weighted by atomic mass is 10.1. The Morgan fingerprint density at radius 1 is 1.42 bits per heavy atom. The first-order valence-corrected chi connectivity index (χ1v) is 6.90. The van der Waals surface area contributed by atoms with E-state index < -0.39 is 0 Å². The fourth-order valence-corrected chi connectivity index (χ4v) is 2.08. The minimum atomic E-state index is -0.193. The molecule has 0 heterocycles. The van der Waals surface area contributed by atoms with Crippen LogP contribution in [0.15, 0.2) is 24.3 Å². The first-order chi connectivity index (χ1) is 9.15. The molecule has 104 valence electrons. The summed E-state index contributed by atoms with van der Waals surface area (Å²) in [6, 6.07) is 6.94. The molecular formula is C15H21FN2O. The number of nitrogens with one attached hydrogen (secondary N) is 2. The predicted octanol–water partition coefficient (Wildman–Crippen LogP) is 1.87. The average molecular weight is 264 g/mol. The van der Waals surface area contributed by atoms with E-state index in [-0.39, 0.29) is 23.7 Å². The van der Waals surface area contributed by atoms with Gasteiger partial charge in [-0.2, -0.15) is 0 Å². The maximum atomic E-state index is 13.0. The minimum Gasteiger partial charge on any atom is -0.355 e. The van der Waals surface area contributed by atoms with Crippen LogP contribution in [0.3, 0.4) is 0 Å². The molecular weight excluding hydrogens is 243 g/mol. The lowest BCUT2D eigenvalue weighted by Gasteiger charge is -2.14. The van der Waals surface area contributed by atoms with Gasteiger partial charge < -0.3 is 10.6 Å². The molecule has 0 saturated heterocycles. The van der Waals surface area contributed by atoms with Crippen molar-refractivity contribution in [2.45, 2.75) is 32.2 Å². The molecule has 1 aliphatic rings. The molecule has 3 nitrogen and oxygen atoms in total. The van der Waals surface area contributed by atoms with E-state index in [2.05, 4.69) is 17.6 Å². The standard InChI is InChI=1S/C15H21FN2O/c1-11(9-12-3-2-4-14(16)10-12)17-7-8-18-15(19)13-5-6-13/h2-4,10-11,13,17H,5-9H2,1H3,(H,18,19). The molecule has 2 N–H and O–H groups in total. The molecule has 1 amide bonds. The second kappa shape index (κ2) is 6.66. The van der Waals surface area contributed by atoms with Gasteiger partial charge in [0, 0.05) is 25.0 Å². The Balaban J connectivity index is 1.61. The van der Waals surface area contributed by atoms with Crippen molar-refractivity contribution >= 4 is 5.91 Å². The average Bonchev–Trinajstić information content (AvgIpc) is 3.18. The summed E-state index contributed by atoms with van der Waals surface area (Å²) < 4.78 is 13.0. The molecule has 0 aromatic heterocycles. The Bertz CT molecular complexity index is 432. The van der Waals surface area contributed by atoms with Gasteiger partial charge in [0.15, 0.2) is 0 Å². The molecule has 4 heteroatoms. The Morgan fingerprint density at radius 3 is 2.89 bits per heavy atom. The van der Waals surface area contributed by atoms with Crippen LogP contribution in [0.2, 0.25) is 0 Å². The highest BCUT2D eigenvalue weighted by Gasteiger charge is 2.28. The van der Waals surface area contributed by atoms with E-state index in [0.29, 0.717) is 6.54 Å². The van der Waals surface area contributed by atoms with Crippen LogP contribution in [0.25, 0.3) is 0 Å². The van der Waals surface area contributed by atoms with Crippen molar-refractivity contribution in [3.8, 4) is 0 Å². The van der Waals surface area contributed by atoms with Crippen LogP contribution in [0, 0.1) is 11.7 Å². The quantitative estimate of drug-likeness (QED) is 0.738. The highest BCUT2D eigenvalue weighted by Crippen LogP contribution is 2.28. The predicted molar refractivity (Wildman–Crippen MR) is 73.3 cm³/mol. The normalized spacial score (nSPS) is 16.1. The van der Waals surface area contributed by atoms with E-state index in [4.69, 9.17) is 0 Å². The second-order valence-electron chi connectivity index (χ2n) is 5.25. The van der Waals surface area contributed by atoms with Gasteiger partial charge in [0.2, 0.25) is 5.91 Å². The number of benzene rings is 1. The summed E-state index contributed by atoms with van der Waals surface area (Å²) in [5.74, 6) is 0.255. The molecule has 1 saturated carbocycles. The third kappa shape index (κ3) is 4.99. The van der Waals surface area contributed by atoms with Gasteiger partial charge >= 0.3 is 0 Å². The molecule has 1 unspecified atom stereocenters. The van der Waals surface area contributed by atoms with E-state index in [9.17, 15) is 9.18 Å². The molecule has 1 fully saturated rings. The third-order valence-electron chi connectivity index (χ3n) is 3.30. The molecule has 1 aromatic carbocycles. The third-order valence-corrected chi connectivity index (χ3v) is 3.30. The first kappa shape index (κ1) is 14.0. The maximum absolute atomic E-state index is 13.0. The highest BCUT2D eigenvalue weighted by atomic mass is 19.1. The number of halogens is 1. The van der Waals surface area contributed by atoms with Gasteiger partial charge in [-0.3, -0.25) is 4.79 Å². The molecule has 1 aromatic rings. The largest absolute Gasteiger partial charge is 0.355 e. The number of rotatable bonds is 7. The van der Waals surface area contributed by atoms with Crippen LogP contribution in [-0.4, -0.2) is 25.0 Å². The van der Waals surface area contributed by atoms with Crippen LogP contribution in [-0.2, 0) is 11.2 Å². The number of carbonyl (C=O) groups excluding carboxylic acids is 1. The Kier molecular flexibility index (Phi) is 4.91. The maximum Gasteiger partial charge on any atom is 0.223 e. The van der Waals surface area contributed by atoms with Crippen molar-refractivity contribution < 1.29 is 9.18 Å². The molecule has 1 aliphatic carbocycles. The number of hydrogen-bond donors (Lipinski definition) is 2. The lowest BCUT2D eigenvalue weighted by Crippen LogP contribution is -2.37. The SMILES string of the molecule is CC(Cc1cccc(F)c1)NCCNC(=O)C1CC1. The van der Waals surface area contributed by atoms with E-state index >= 15 is 0 Å². The van der Waals surface area contributed by atoms with Crippen LogP contribution in [0.1, 0.15) is 25.3 Å². The summed E-state index contributed by atoms with van der Waals surface area (Å²) in [6.45, 7) is 3.46. The zero-order chi connectivity index (χ0) is 13.7. The Morgan fingerprint density at radius 2 is 2.21 bits per heavy atom. The summed E-state index contributed by atoms with van der Waals surface area (Å²) in [5.41, 5.74) is 0.988. The van der Waals surface area contributed by atoms with Crippen LogP contribution < -0.4 is 10.6 Å². The van der Waals surface area contributed by atoms with Gasteiger partial charge in [0.25, 0.3) is 0 Å². The highest BCUT2D eigenvalue weighted by molar-refractivity contribution is 5.80. The van der Waals surface area contributed by atoms with E-state index in [1.54, 1.807) is 12.1 Å². The fourth-order valence-electron chi connectivity index (χ4n) is 2.08. The fraction of sp³-hybridized carbons (Fsp3) is 0.533. The summed E-state index contributed by atoms with van der Waals surface area (Å²) >= 11 is 0. The van der Waals surface area contributed by atoms with Crippen molar-refractivity contribution in [3.05, 3.63) is 35.6 Å². The smallest absolute Gasteiger partial charge is 0.223 e. The number of hydrogen-bond acceptors (Lipinski definition) is 2. The molecule has 2 rings (SSSR count). The second-order valence-corrected chi connectivity index (χ2v) is 5.25. The molecule has 0 spiro atoms. The molecule has 1 atom stereocenters. The topological polar surface area (TPSA) is 41.1 Å². The van der Waals surface area contributed by atoms with Crippen molar-refractivity contribution in [3.63, 3.8) is 0 Å². The minimum absolute atomic E-state index is 0.180. The Labute approximate surface area is 113 Å². The van der Waals surface area contributed by atoms with Gasteiger partial charge in [-0.05, 0) is 43.9 Å². The van der Waals surface area contributed by atoms with Crippen LogP contribution in [0.4, 0.5) is 4.39 Å². The summed E-state index contributed by atoms with van der Waals surface area (Å²) in [6.07, 6.45) is 2.86. The van der Waals surface area contributed by atoms with Crippen molar-refractivity contribution in [1.29, 1.82) is 0 Å². The summed E-state index contributed by atoms with van der Waals surface area (Å²) in [4.78, 5) is 11.4. The summed E-state index contributed by atoms with van der Waals surface area (Å²) in [7, 11) is 0. The van der Waals surface area contributed by atoms with Gasteiger partial charge in [0.05, 0.1) is 0 Å². The van der Waals surface area contributed by atoms with Crippen LogP contribution in [0.5, 0.6) is 0 Å². The van der Waals surface area contributed by atoms with E-state index in [0.717, 1.165) is 31.4 Å². The number of carbonyl (C=O) groups is 1. The molecule has 19 heavy (non-hydrogen) atoms. The summed E-state index contributed by atoms with van der Waals surface area (Å²) in [5, 5.41) is 6.24. The van der Waals surface area contributed by atoms with Crippen molar-refractivity contribution in [1.82, 2.24) is 10.6 Å².